The van der Waals surface area contributed by atoms with Crippen LogP contribution in [0.2, 0.25) is 0 Å². The minimum Gasteiger partial charge on any atom is -0.385 e. The Morgan fingerprint density at radius 1 is 1.41 bits per heavy atom. The number of ether oxygens (including phenoxy) is 1. The van der Waals surface area contributed by atoms with E-state index >= 15 is 0 Å². The molecule has 1 atom stereocenters. The lowest BCUT2D eigenvalue weighted by atomic mass is 10.3. The predicted octanol–water partition coefficient (Wildman–Crippen LogP) is 2.13. The third-order valence-electron chi connectivity index (χ3n) is 2.72. The van der Waals surface area contributed by atoms with Gasteiger partial charge < -0.3 is 14.4 Å². The van der Waals surface area contributed by atoms with E-state index in [-0.39, 0.29) is 0 Å². The first-order valence-electron chi connectivity index (χ1n) is 5.95. The van der Waals surface area contributed by atoms with Gasteiger partial charge in [0, 0.05) is 13.2 Å². The molecule has 1 aromatic carbocycles. The number of benzene rings is 1. The standard InChI is InChI=1S/C13H18N2O2/c1-3-17-9-8-15-12-7-5-4-6-11(12)14-13(15)10(2)16/h4-7,10,16H,3,8-9H2,1-2H3/t10-/m1/s1. The van der Waals surface area contributed by atoms with E-state index in [9.17, 15) is 5.11 Å². The fourth-order valence-corrected chi connectivity index (χ4v) is 1.95. The molecular weight excluding hydrogens is 216 g/mol. The normalized spacial score (nSPS) is 13.1. The Kier molecular flexibility index (Phi) is 3.76. The molecule has 0 spiro atoms. The van der Waals surface area contributed by atoms with Crippen molar-refractivity contribution in [3.8, 4) is 0 Å². The average molecular weight is 234 g/mol. The fraction of sp³-hybridized carbons (Fsp3) is 0.462. The van der Waals surface area contributed by atoms with E-state index in [2.05, 4.69) is 4.98 Å². The zero-order valence-electron chi connectivity index (χ0n) is 10.3. The smallest absolute Gasteiger partial charge is 0.138 e. The molecule has 0 bridgehead atoms. The zero-order chi connectivity index (χ0) is 12.3. The van der Waals surface area contributed by atoms with E-state index in [1.54, 1.807) is 6.92 Å². The third kappa shape index (κ3) is 2.48. The van der Waals surface area contributed by atoms with Crippen LogP contribution in [-0.4, -0.2) is 27.9 Å². The number of aromatic nitrogens is 2. The first-order valence-corrected chi connectivity index (χ1v) is 5.95. The average Bonchev–Trinajstić information content (AvgIpc) is 2.69. The van der Waals surface area contributed by atoms with E-state index in [0.29, 0.717) is 25.6 Å². The van der Waals surface area contributed by atoms with Crippen LogP contribution < -0.4 is 0 Å². The lowest BCUT2D eigenvalue weighted by Crippen LogP contribution is -2.11. The van der Waals surface area contributed by atoms with Gasteiger partial charge in [-0.3, -0.25) is 0 Å². The van der Waals surface area contributed by atoms with Crippen molar-refractivity contribution in [1.82, 2.24) is 9.55 Å². The van der Waals surface area contributed by atoms with Crippen LogP contribution in [0.3, 0.4) is 0 Å². The molecule has 0 radical (unpaired) electrons. The summed E-state index contributed by atoms with van der Waals surface area (Å²) < 4.78 is 7.38. The van der Waals surface area contributed by atoms with Crippen molar-refractivity contribution in [3.05, 3.63) is 30.1 Å². The second-order valence-corrected chi connectivity index (χ2v) is 3.98. The van der Waals surface area contributed by atoms with Gasteiger partial charge in [-0.05, 0) is 26.0 Å². The topological polar surface area (TPSA) is 47.3 Å². The van der Waals surface area contributed by atoms with Crippen LogP contribution in [0.25, 0.3) is 11.0 Å². The van der Waals surface area contributed by atoms with Crippen LogP contribution >= 0.6 is 0 Å². The summed E-state index contributed by atoms with van der Waals surface area (Å²) in [6, 6.07) is 7.90. The number of rotatable bonds is 5. The second-order valence-electron chi connectivity index (χ2n) is 3.98. The molecule has 2 aromatic rings. The Bertz CT molecular complexity index is 491. The maximum atomic E-state index is 9.74. The van der Waals surface area contributed by atoms with Crippen LogP contribution in [0.4, 0.5) is 0 Å². The van der Waals surface area contributed by atoms with Gasteiger partial charge in [-0.1, -0.05) is 12.1 Å². The molecule has 0 aliphatic heterocycles. The van der Waals surface area contributed by atoms with Gasteiger partial charge in [0.15, 0.2) is 0 Å². The van der Waals surface area contributed by atoms with Gasteiger partial charge in [0.2, 0.25) is 0 Å². The number of fused-ring (bicyclic) bond motifs is 1. The summed E-state index contributed by atoms with van der Waals surface area (Å²) in [5.74, 6) is 0.700. The molecule has 1 heterocycles. The lowest BCUT2D eigenvalue weighted by molar-refractivity contribution is 0.134. The molecule has 92 valence electrons. The van der Waals surface area contributed by atoms with Crippen molar-refractivity contribution >= 4 is 11.0 Å². The van der Waals surface area contributed by atoms with E-state index in [1.807, 2.05) is 35.8 Å². The SMILES string of the molecule is CCOCCn1c([C@@H](C)O)nc2ccccc21. The van der Waals surface area contributed by atoms with E-state index in [0.717, 1.165) is 11.0 Å². The Morgan fingerprint density at radius 3 is 2.88 bits per heavy atom. The Labute approximate surface area is 101 Å². The number of para-hydroxylation sites is 2. The largest absolute Gasteiger partial charge is 0.385 e. The van der Waals surface area contributed by atoms with Crippen molar-refractivity contribution in [3.63, 3.8) is 0 Å². The molecule has 0 unspecified atom stereocenters. The summed E-state index contributed by atoms with van der Waals surface area (Å²) in [6.45, 7) is 5.77. The molecule has 4 nitrogen and oxygen atoms in total. The van der Waals surface area contributed by atoms with Gasteiger partial charge in [-0.15, -0.1) is 0 Å². The number of aliphatic hydroxyl groups is 1. The van der Waals surface area contributed by atoms with Gasteiger partial charge in [-0.2, -0.15) is 0 Å². The Balaban J connectivity index is 2.37. The number of aliphatic hydroxyl groups excluding tert-OH is 1. The van der Waals surface area contributed by atoms with Gasteiger partial charge in [0.1, 0.15) is 11.9 Å². The molecule has 4 heteroatoms. The first kappa shape index (κ1) is 12.1. The Morgan fingerprint density at radius 2 is 2.18 bits per heavy atom. The second kappa shape index (κ2) is 5.29. The minimum absolute atomic E-state index is 0.566. The van der Waals surface area contributed by atoms with Crippen molar-refractivity contribution in [2.24, 2.45) is 0 Å². The Hall–Kier alpha value is -1.39. The van der Waals surface area contributed by atoms with Gasteiger partial charge in [-0.25, -0.2) is 4.98 Å². The molecule has 17 heavy (non-hydrogen) atoms. The van der Waals surface area contributed by atoms with Crippen molar-refractivity contribution in [2.45, 2.75) is 26.5 Å². The fourth-order valence-electron chi connectivity index (χ4n) is 1.95. The van der Waals surface area contributed by atoms with Crippen molar-refractivity contribution in [2.75, 3.05) is 13.2 Å². The summed E-state index contributed by atoms with van der Waals surface area (Å²) in [5, 5.41) is 9.74. The number of hydrogen-bond donors (Lipinski definition) is 1. The number of imidazole rings is 1. The van der Waals surface area contributed by atoms with Crippen LogP contribution in [0.5, 0.6) is 0 Å². The summed E-state index contributed by atoms with van der Waals surface area (Å²) in [5.41, 5.74) is 1.96. The van der Waals surface area contributed by atoms with Crippen LogP contribution in [-0.2, 0) is 11.3 Å². The maximum absolute atomic E-state index is 9.74. The molecular formula is C13H18N2O2. The highest BCUT2D eigenvalue weighted by Gasteiger charge is 2.13. The zero-order valence-corrected chi connectivity index (χ0v) is 10.3. The predicted molar refractivity (Wildman–Crippen MR) is 66.9 cm³/mol. The molecule has 1 N–H and O–H groups in total. The quantitative estimate of drug-likeness (QED) is 0.806. The van der Waals surface area contributed by atoms with Crippen molar-refractivity contribution < 1.29 is 9.84 Å². The van der Waals surface area contributed by atoms with E-state index in [4.69, 9.17) is 4.74 Å². The summed E-state index contributed by atoms with van der Waals surface area (Å²) in [6.07, 6.45) is -0.566. The van der Waals surface area contributed by atoms with Crippen LogP contribution in [0.15, 0.2) is 24.3 Å². The van der Waals surface area contributed by atoms with E-state index < -0.39 is 6.10 Å². The molecule has 2 rings (SSSR count). The highest BCUT2D eigenvalue weighted by Crippen LogP contribution is 2.20. The third-order valence-corrected chi connectivity index (χ3v) is 2.72. The monoisotopic (exact) mass is 234 g/mol. The number of hydrogen-bond acceptors (Lipinski definition) is 3. The van der Waals surface area contributed by atoms with Gasteiger partial charge in [0.25, 0.3) is 0 Å². The van der Waals surface area contributed by atoms with E-state index in [1.165, 1.54) is 0 Å². The molecule has 0 saturated carbocycles. The molecule has 0 fully saturated rings. The van der Waals surface area contributed by atoms with Crippen LogP contribution in [0.1, 0.15) is 25.8 Å². The first-order chi connectivity index (χ1) is 8.24. The molecule has 0 aliphatic rings. The highest BCUT2D eigenvalue weighted by atomic mass is 16.5. The molecule has 0 amide bonds. The molecule has 0 saturated heterocycles. The number of nitrogens with zero attached hydrogens (tertiary/aromatic N) is 2. The van der Waals surface area contributed by atoms with Crippen LogP contribution in [0, 0.1) is 0 Å². The molecule has 0 aliphatic carbocycles. The van der Waals surface area contributed by atoms with Gasteiger partial charge >= 0.3 is 0 Å². The maximum Gasteiger partial charge on any atom is 0.138 e. The van der Waals surface area contributed by atoms with Crippen molar-refractivity contribution in [1.29, 1.82) is 0 Å². The summed E-state index contributed by atoms with van der Waals surface area (Å²) in [4.78, 5) is 4.45. The minimum atomic E-state index is -0.566. The summed E-state index contributed by atoms with van der Waals surface area (Å²) >= 11 is 0. The van der Waals surface area contributed by atoms with Gasteiger partial charge in [0.05, 0.1) is 17.6 Å². The lowest BCUT2D eigenvalue weighted by Gasteiger charge is -2.10. The molecule has 1 aromatic heterocycles. The summed E-state index contributed by atoms with van der Waals surface area (Å²) in [7, 11) is 0. The highest BCUT2D eigenvalue weighted by molar-refractivity contribution is 5.75.